The van der Waals surface area contributed by atoms with Crippen molar-refractivity contribution in [1.82, 2.24) is 0 Å². The summed E-state index contributed by atoms with van der Waals surface area (Å²) < 4.78 is 0. The van der Waals surface area contributed by atoms with Gasteiger partial charge in [0.15, 0.2) is 0 Å². The van der Waals surface area contributed by atoms with Crippen LogP contribution in [-0.4, -0.2) is 10.9 Å². The first-order valence-corrected chi connectivity index (χ1v) is 3.84. The molecule has 0 aliphatic heterocycles. The third-order valence-electron chi connectivity index (χ3n) is 0.334. The fourth-order valence-corrected chi connectivity index (χ4v) is 0.260. The van der Waals surface area contributed by atoms with Gasteiger partial charge in [-0.25, -0.2) is 9.78 Å². The van der Waals surface area contributed by atoms with Gasteiger partial charge >= 0.3 is 0 Å². The van der Waals surface area contributed by atoms with Crippen LogP contribution in [0.4, 0.5) is 0 Å². The van der Waals surface area contributed by atoms with Gasteiger partial charge in [0.25, 0.3) is 0 Å². The zero-order chi connectivity index (χ0) is 8.57. The first kappa shape index (κ1) is 13.0. The fourth-order valence-electron chi connectivity index (χ4n) is 0.161. The van der Waals surface area contributed by atoms with Crippen LogP contribution in [0.15, 0.2) is 13.2 Å². The van der Waals surface area contributed by atoms with Gasteiger partial charge in [0, 0.05) is 0 Å². The van der Waals surface area contributed by atoms with Crippen molar-refractivity contribution >= 4 is 25.3 Å². The van der Waals surface area contributed by atoms with Gasteiger partial charge in [0.1, 0.15) is 10.9 Å². The maximum atomic E-state index is 4.59. The van der Waals surface area contributed by atoms with E-state index < -0.39 is 0 Å². The van der Waals surface area contributed by atoms with Crippen LogP contribution < -0.4 is 0 Å². The zero-order valence-corrected chi connectivity index (χ0v) is 8.07. The smallest absolute Gasteiger partial charge is 0.133 e. The minimum atomic E-state index is -0.190. The monoisotopic (exact) mass is 182 g/mol. The van der Waals surface area contributed by atoms with Gasteiger partial charge in [-0.1, -0.05) is 0 Å². The standard InChI is InChI=1S/C4H10O2S2.C2H4/c1-3(7)5-6-4(2)8;1-2/h3-4,7-8H,1-2H3;1-2H2. The third-order valence-corrected chi connectivity index (χ3v) is 0.506. The molecule has 2 atom stereocenters. The van der Waals surface area contributed by atoms with Crippen molar-refractivity contribution in [3.05, 3.63) is 13.2 Å². The molecule has 0 bridgehead atoms. The lowest BCUT2D eigenvalue weighted by atomic mass is 10.9. The van der Waals surface area contributed by atoms with E-state index in [4.69, 9.17) is 0 Å². The minimum absolute atomic E-state index is 0.190. The topological polar surface area (TPSA) is 18.5 Å². The Kier molecular flexibility index (Phi) is 12.2. The van der Waals surface area contributed by atoms with Gasteiger partial charge in [-0.15, -0.1) is 38.4 Å². The lowest BCUT2D eigenvalue weighted by Crippen LogP contribution is -2.05. The highest BCUT2D eigenvalue weighted by Gasteiger charge is 1.96. The summed E-state index contributed by atoms with van der Waals surface area (Å²) >= 11 is 7.78. The molecule has 0 radical (unpaired) electrons. The lowest BCUT2D eigenvalue weighted by Gasteiger charge is -2.06. The summed E-state index contributed by atoms with van der Waals surface area (Å²) in [5.74, 6) is 0. The highest BCUT2D eigenvalue weighted by Crippen LogP contribution is 2.01. The Hall–Kier alpha value is 0.360. The molecule has 0 aliphatic rings. The maximum absolute atomic E-state index is 4.59. The Morgan fingerprint density at radius 2 is 1.20 bits per heavy atom. The van der Waals surface area contributed by atoms with Gasteiger partial charge in [-0.2, -0.15) is 0 Å². The average molecular weight is 182 g/mol. The van der Waals surface area contributed by atoms with Crippen molar-refractivity contribution in [3.8, 4) is 0 Å². The molecule has 0 saturated carbocycles. The van der Waals surface area contributed by atoms with Crippen LogP contribution in [-0.2, 0) is 9.78 Å². The zero-order valence-electron chi connectivity index (χ0n) is 6.28. The van der Waals surface area contributed by atoms with E-state index in [0.29, 0.717) is 0 Å². The lowest BCUT2D eigenvalue weighted by molar-refractivity contribution is -0.306. The largest absolute Gasteiger partial charge is 0.222 e. The van der Waals surface area contributed by atoms with Gasteiger partial charge in [-0.05, 0) is 13.8 Å². The van der Waals surface area contributed by atoms with Crippen LogP contribution in [0.5, 0.6) is 0 Å². The highest BCUT2D eigenvalue weighted by atomic mass is 32.1. The molecule has 0 fully saturated rings. The first-order chi connectivity index (χ1) is 4.63. The quantitative estimate of drug-likeness (QED) is 0.229. The van der Waals surface area contributed by atoms with Gasteiger partial charge in [-0.3, -0.25) is 0 Å². The maximum Gasteiger partial charge on any atom is 0.133 e. The Morgan fingerprint density at radius 1 is 1.00 bits per heavy atom. The van der Waals surface area contributed by atoms with Gasteiger partial charge < -0.3 is 0 Å². The van der Waals surface area contributed by atoms with E-state index in [-0.39, 0.29) is 10.9 Å². The van der Waals surface area contributed by atoms with Gasteiger partial charge in [0.05, 0.1) is 0 Å². The Morgan fingerprint density at radius 3 is 1.30 bits per heavy atom. The molecule has 2 unspecified atom stereocenters. The molecule has 0 N–H and O–H groups in total. The second-order valence-corrected chi connectivity index (χ2v) is 2.85. The van der Waals surface area contributed by atoms with Crippen LogP contribution >= 0.6 is 25.3 Å². The van der Waals surface area contributed by atoms with E-state index in [1.807, 2.05) is 0 Å². The molecule has 2 nitrogen and oxygen atoms in total. The van der Waals surface area contributed by atoms with Crippen LogP contribution in [0.3, 0.4) is 0 Å². The second-order valence-electron chi connectivity index (χ2n) is 1.39. The molecule has 0 spiro atoms. The van der Waals surface area contributed by atoms with Crippen molar-refractivity contribution in [2.45, 2.75) is 24.7 Å². The van der Waals surface area contributed by atoms with Crippen LogP contribution in [0.1, 0.15) is 13.8 Å². The molecule has 0 amide bonds. The number of thiol groups is 2. The number of hydrogen-bond acceptors (Lipinski definition) is 4. The summed E-state index contributed by atoms with van der Waals surface area (Å²) in [6.07, 6.45) is 0. The summed E-state index contributed by atoms with van der Waals surface area (Å²) in [5, 5.41) is 0. The first-order valence-electron chi connectivity index (χ1n) is 2.81. The van der Waals surface area contributed by atoms with Gasteiger partial charge in [0.2, 0.25) is 0 Å². The molecule has 4 heteroatoms. The molecule has 0 saturated heterocycles. The summed E-state index contributed by atoms with van der Waals surface area (Å²) in [6.45, 7) is 9.53. The predicted octanol–water partition coefficient (Wildman–Crippen LogP) is 2.29. The van der Waals surface area contributed by atoms with Crippen LogP contribution in [0.2, 0.25) is 0 Å². The molecular weight excluding hydrogens is 168 g/mol. The van der Waals surface area contributed by atoms with Crippen LogP contribution in [0, 0.1) is 0 Å². The molecule has 10 heavy (non-hydrogen) atoms. The molecule has 0 heterocycles. The minimum Gasteiger partial charge on any atom is -0.222 e. The van der Waals surface area contributed by atoms with E-state index in [1.165, 1.54) is 0 Å². The second kappa shape index (κ2) is 9.36. The molecule has 0 aromatic rings. The van der Waals surface area contributed by atoms with Crippen molar-refractivity contribution in [3.63, 3.8) is 0 Å². The summed E-state index contributed by atoms with van der Waals surface area (Å²) in [5.41, 5.74) is -0.380. The average Bonchev–Trinajstić information content (AvgIpc) is 1.89. The summed E-state index contributed by atoms with van der Waals surface area (Å²) in [4.78, 5) is 9.18. The van der Waals surface area contributed by atoms with E-state index in [2.05, 4.69) is 48.2 Å². The van der Waals surface area contributed by atoms with Crippen molar-refractivity contribution < 1.29 is 9.78 Å². The fraction of sp³-hybridized carbons (Fsp3) is 0.667. The highest BCUT2D eigenvalue weighted by molar-refractivity contribution is 7.81. The Bertz CT molecular complexity index is 58.8. The van der Waals surface area contributed by atoms with E-state index >= 15 is 0 Å². The number of hydrogen-bond donors (Lipinski definition) is 2. The number of rotatable bonds is 3. The molecule has 0 aromatic heterocycles. The molecule has 62 valence electrons. The molecule has 0 aromatic carbocycles. The molecule has 0 aliphatic carbocycles. The van der Waals surface area contributed by atoms with Crippen molar-refractivity contribution in [1.29, 1.82) is 0 Å². The Labute approximate surface area is 73.3 Å². The predicted molar refractivity (Wildman–Crippen MR) is 50.3 cm³/mol. The third kappa shape index (κ3) is 15.8. The van der Waals surface area contributed by atoms with Crippen molar-refractivity contribution in [2.75, 3.05) is 0 Å². The SMILES string of the molecule is C=C.CC(S)OOC(C)S. The van der Waals surface area contributed by atoms with E-state index in [1.54, 1.807) is 13.8 Å². The van der Waals surface area contributed by atoms with Crippen LogP contribution in [0.25, 0.3) is 0 Å². The van der Waals surface area contributed by atoms with E-state index in [0.717, 1.165) is 0 Å². The molecule has 0 rings (SSSR count). The summed E-state index contributed by atoms with van der Waals surface area (Å²) in [6, 6.07) is 0. The summed E-state index contributed by atoms with van der Waals surface area (Å²) in [7, 11) is 0. The molecular formula is C6H14O2S2. The Balaban J connectivity index is 0. The van der Waals surface area contributed by atoms with Crippen molar-refractivity contribution in [2.24, 2.45) is 0 Å². The normalized spacial score (nSPS) is 14.8. The van der Waals surface area contributed by atoms with E-state index in [9.17, 15) is 0 Å².